The molecule has 6 heteroatoms. The molecule has 0 unspecified atom stereocenters. The quantitative estimate of drug-likeness (QED) is 0.0261. The SMILES string of the molecule is CCCCC/C=C\C/C=C\CCCCCCCCCC(=O)O[C@H](COC(=O)CCCCCCCCCCCCCCCCCCC)COC(=O)CCCCCCCCCCCCCCCCCCCCC. The summed E-state index contributed by atoms with van der Waals surface area (Å²) < 4.78 is 16.9. The summed E-state index contributed by atoms with van der Waals surface area (Å²) in [5.74, 6) is -0.848. The molecule has 6 nitrogen and oxygen atoms in total. The highest BCUT2D eigenvalue weighted by molar-refractivity contribution is 5.71. The molecule has 0 bridgehead atoms. The molecular formula is C65H122O6. The molecule has 0 spiro atoms. The van der Waals surface area contributed by atoms with Gasteiger partial charge in [0.05, 0.1) is 0 Å². The molecule has 0 N–H and O–H groups in total. The van der Waals surface area contributed by atoms with Crippen LogP contribution in [0.25, 0.3) is 0 Å². The number of hydrogen-bond donors (Lipinski definition) is 0. The zero-order chi connectivity index (χ0) is 51.4. The largest absolute Gasteiger partial charge is 0.462 e. The molecule has 0 aromatic carbocycles. The molecule has 0 rings (SSSR count). The molecule has 0 saturated heterocycles. The summed E-state index contributed by atoms with van der Waals surface area (Å²) in [5, 5.41) is 0. The minimum absolute atomic E-state index is 0.0684. The van der Waals surface area contributed by atoms with Crippen molar-refractivity contribution < 1.29 is 28.6 Å². The van der Waals surface area contributed by atoms with Crippen LogP contribution in [0, 0.1) is 0 Å². The van der Waals surface area contributed by atoms with Gasteiger partial charge in [-0.2, -0.15) is 0 Å². The van der Waals surface area contributed by atoms with Crippen molar-refractivity contribution in [2.24, 2.45) is 0 Å². The van der Waals surface area contributed by atoms with E-state index in [2.05, 4.69) is 45.1 Å². The van der Waals surface area contributed by atoms with Gasteiger partial charge in [-0.1, -0.05) is 308 Å². The zero-order valence-corrected chi connectivity index (χ0v) is 48.0. The molecule has 0 aromatic rings. The van der Waals surface area contributed by atoms with Crippen LogP contribution in [-0.2, 0) is 28.6 Å². The van der Waals surface area contributed by atoms with E-state index in [1.165, 1.54) is 244 Å². The highest BCUT2D eigenvalue weighted by Gasteiger charge is 2.19. The summed E-state index contributed by atoms with van der Waals surface area (Å²) in [7, 11) is 0. The lowest BCUT2D eigenvalue weighted by molar-refractivity contribution is -0.167. The van der Waals surface area contributed by atoms with Gasteiger partial charge in [0.15, 0.2) is 6.10 Å². The molecule has 0 aliphatic carbocycles. The topological polar surface area (TPSA) is 78.9 Å². The van der Waals surface area contributed by atoms with Crippen molar-refractivity contribution in [1.29, 1.82) is 0 Å². The molecule has 0 saturated carbocycles. The number of ether oxygens (including phenoxy) is 3. The Hall–Kier alpha value is -2.11. The Balaban J connectivity index is 4.32. The number of rotatable bonds is 59. The number of esters is 3. The second kappa shape index (κ2) is 60.4. The van der Waals surface area contributed by atoms with Gasteiger partial charge in [-0.3, -0.25) is 14.4 Å². The summed E-state index contributed by atoms with van der Waals surface area (Å²) in [6.07, 6.45) is 71.7. The second-order valence-corrected chi connectivity index (χ2v) is 21.7. The Morgan fingerprint density at radius 2 is 0.507 bits per heavy atom. The third-order valence-corrected chi connectivity index (χ3v) is 14.5. The lowest BCUT2D eigenvalue weighted by Crippen LogP contribution is -2.30. The average molecular weight is 1000 g/mol. The van der Waals surface area contributed by atoms with Crippen LogP contribution in [0.15, 0.2) is 24.3 Å². The second-order valence-electron chi connectivity index (χ2n) is 21.7. The monoisotopic (exact) mass is 999 g/mol. The minimum atomic E-state index is -0.771. The van der Waals surface area contributed by atoms with E-state index in [-0.39, 0.29) is 31.1 Å². The Labute approximate surface area is 443 Å². The Kier molecular flexibility index (Phi) is 58.6. The van der Waals surface area contributed by atoms with Crippen LogP contribution >= 0.6 is 0 Å². The first-order chi connectivity index (χ1) is 35.0. The molecule has 0 aromatic heterocycles. The van der Waals surface area contributed by atoms with Gasteiger partial charge in [-0.25, -0.2) is 0 Å². The Bertz CT molecular complexity index is 1150. The molecule has 0 amide bonds. The summed E-state index contributed by atoms with van der Waals surface area (Å²) in [4.78, 5) is 38.3. The van der Waals surface area contributed by atoms with Gasteiger partial charge in [-0.15, -0.1) is 0 Å². The fourth-order valence-electron chi connectivity index (χ4n) is 9.65. The number of carbonyl (C=O) groups excluding carboxylic acids is 3. The zero-order valence-electron chi connectivity index (χ0n) is 48.0. The fourth-order valence-corrected chi connectivity index (χ4v) is 9.65. The highest BCUT2D eigenvalue weighted by Crippen LogP contribution is 2.18. The Morgan fingerprint density at radius 1 is 0.282 bits per heavy atom. The van der Waals surface area contributed by atoms with Crippen LogP contribution in [0.2, 0.25) is 0 Å². The summed E-state index contributed by atoms with van der Waals surface area (Å²) in [6, 6.07) is 0. The Morgan fingerprint density at radius 3 is 0.803 bits per heavy atom. The van der Waals surface area contributed by atoms with Gasteiger partial charge in [-0.05, 0) is 51.4 Å². The highest BCUT2D eigenvalue weighted by atomic mass is 16.6. The van der Waals surface area contributed by atoms with E-state index in [1.807, 2.05) is 0 Å². The molecule has 418 valence electrons. The summed E-state index contributed by atoms with van der Waals surface area (Å²) in [5.41, 5.74) is 0. The number of carbonyl (C=O) groups is 3. The number of hydrogen-bond acceptors (Lipinski definition) is 6. The van der Waals surface area contributed by atoms with Crippen molar-refractivity contribution >= 4 is 17.9 Å². The first kappa shape index (κ1) is 68.9. The van der Waals surface area contributed by atoms with Crippen molar-refractivity contribution in [3.05, 3.63) is 24.3 Å². The van der Waals surface area contributed by atoms with Crippen molar-refractivity contribution in [2.75, 3.05) is 13.2 Å². The van der Waals surface area contributed by atoms with E-state index in [0.717, 1.165) is 70.6 Å². The first-order valence-electron chi connectivity index (χ1n) is 31.8. The van der Waals surface area contributed by atoms with E-state index in [0.29, 0.717) is 19.3 Å². The number of unbranched alkanes of at least 4 members (excludes halogenated alkanes) is 44. The van der Waals surface area contributed by atoms with Crippen molar-refractivity contribution in [2.45, 2.75) is 361 Å². The molecule has 71 heavy (non-hydrogen) atoms. The molecule has 1 atom stereocenters. The molecule has 0 aliphatic rings. The molecule has 0 heterocycles. The van der Waals surface area contributed by atoms with Gasteiger partial charge < -0.3 is 14.2 Å². The van der Waals surface area contributed by atoms with Crippen LogP contribution in [0.5, 0.6) is 0 Å². The molecule has 0 aliphatic heterocycles. The van der Waals surface area contributed by atoms with E-state index >= 15 is 0 Å². The predicted molar refractivity (Wildman–Crippen MR) is 307 cm³/mol. The molecule has 0 fully saturated rings. The van der Waals surface area contributed by atoms with Crippen molar-refractivity contribution in [1.82, 2.24) is 0 Å². The number of allylic oxidation sites excluding steroid dienone is 4. The smallest absolute Gasteiger partial charge is 0.306 e. The van der Waals surface area contributed by atoms with Crippen LogP contribution < -0.4 is 0 Å². The van der Waals surface area contributed by atoms with E-state index in [4.69, 9.17) is 14.2 Å². The van der Waals surface area contributed by atoms with E-state index in [9.17, 15) is 14.4 Å². The standard InChI is InChI=1S/C65H122O6/c1-4-7-10-13-16-19-22-25-28-31-32-35-37-40-43-46-49-52-55-58-64(67)70-61-62(71-65(68)59-56-53-50-47-44-41-38-34-30-27-24-21-18-15-12-9-6-3)60-69-63(66)57-54-51-48-45-42-39-36-33-29-26-23-20-17-14-11-8-5-2/h18,21,27,30,62H,4-17,19-20,22-26,28-29,31-61H2,1-3H3/b21-18-,30-27-/t62-/m1/s1. The van der Waals surface area contributed by atoms with Crippen molar-refractivity contribution in [3.8, 4) is 0 Å². The minimum Gasteiger partial charge on any atom is -0.462 e. The van der Waals surface area contributed by atoms with Gasteiger partial charge >= 0.3 is 17.9 Å². The molecular weight excluding hydrogens is 877 g/mol. The maximum Gasteiger partial charge on any atom is 0.306 e. The van der Waals surface area contributed by atoms with Gasteiger partial charge in [0, 0.05) is 19.3 Å². The first-order valence-corrected chi connectivity index (χ1v) is 31.8. The van der Waals surface area contributed by atoms with Gasteiger partial charge in [0.1, 0.15) is 13.2 Å². The van der Waals surface area contributed by atoms with E-state index < -0.39 is 6.10 Å². The third-order valence-electron chi connectivity index (χ3n) is 14.5. The van der Waals surface area contributed by atoms with Crippen LogP contribution in [0.4, 0.5) is 0 Å². The van der Waals surface area contributed by atoms with Crippen LogP contribution in [0.1, 0.15) is 355 Å². The van der Waals surface area contributed by atoms with Gasteiger partial charge in [0.25, 0.3) is 0 Å². The normalized spacial score (nSPS) is 12.1. The molecule has 0 radical (unpaired) electrons. The van der Waals surface area contributed by atoms with Crippen LogP contribution in [-0.4, -0.2) is 37.2 Å². The third kappa shape index (κ3) is 58.7. The van der Waals surface area contributed by atoms with Crippen molar-refractivity contribution in [3.63, 3.8) is 0 Å². The maximum atomic E-state index is 12.9. The average Bonchev–Trinajstić information content (AvgIpc) is 3.37. The van der Waals surface area contributed by atoms with Gasteiger partial charge in [0.2, 0.25) is 0 Å². The van der Waals surface area contributed by atoms with E-state index in [1.54, 1.807) is 0 Å². The maximum absolute atomic E-state index is 12.9. The van der Waals surface area contributed by atoms with Crippen LogP contribution in [0.3, 0.4) is 0 Å². The predicted octanol–water partition coefficient (Wildman–Crippen LogP) is 21.4. The summed E-state index contributed by atoms with van der Waals surface area (Å²) in [6.45, 7) is 6.68. The lowest BCUT2D eigenvalue weighted by atomic mass is 10.0. The summed E-state index contributed by atoms with van der Waals surface area (Å²) >= 11 is 0. The fraction of sp³-hybridized carbons (Fsp3) is 0.892. The lowest BCUT2D eigenvalue weighted by Gasteiger charge is -2.18.